The number of nitrogens with zero attached hydrogens (tertiary/aromatic N) is 3. The first-order valence-corrected chi connectivity index (χ1v) is 10.2. The highest BCUT2D eigenvalue weighted by atomic mass is 32.1. The lowest BCUT2D eigenvalue weighted by Gasteiger charge is -2.25. The molecule has 2 amide bonds. The minimum Gasteiger partial charge on any atom is -0.338 e. The maximum Gasteiger partial charge on any atom is 0.282 e. The summed E-state index contributed by atoms with van der Waals surface area (Å²) in [7, 11) is 0. The van der Waals surface area contributed by atoms with E-state index in [1.807, 2.05) is 40.1 Å². The van der Waals surface area contributed by atoms with Gasteiger partial charge in [-0.2, -0.15) is 0 Å². The molecule has 0 atom stereocenters. The van der Waals surface area contributed by atoms with E-state index in [4.69, 9.17) is 0 Å². The van der Waals surface area contributed by atoms with Gasteiger partial charge in [0, 0.05) is 49.5 Å². The molecule has 2 aliphatic rings. The van der Waals surface area contributed by atoms with Gasteiger partial charge in [-0.3, -0.25) is 9.59 Å². The number of thiazole rings is 1. The van der Waals surface area contributed by atoms with Crippen LogP contribution in [-0.4, -0.2) is 52.8 Å². The van der Waals surface area contributed by atoms with E-state index >= 15 is 0 Å². The van der Waals surface area contributed by atoms with Gasteiger partial charge in [-0.05, 0) is 31.4 Å². The molecule has 4 rings (SSSR count). The summed E-state index contributed by atoms with van der Waals surface area (Å²) in [5, 5.41) is 0.625. The lowest BCUT2D eigenvalue weighted by Crippen LogP contribution is -2.35. The van der Waals surface area contributed by atoms with Crippen molar-refractivity contribution >= 4 is 23.2 Å². The minimum absolute atomic E-state index is 0.0744. The number of amides is 2. The Hall–Kier alpha value is -2.21. The van der Waals surface area contributed by atoms with Gasteiger partial charge in [-0.25, -0.2) is 4.98 Å². The van der Waals surface area contributed by atoms with Gasteiger partial charge < -0.3 is 9.80 Å². The van der Waals surface area contributed by atoms with Gasteiger partial charge >= 0.3 is 0 Å². The molecule has 0 spiro atoms. The lowest BCUT2D eigenvalue weighted by molar-refractivity contribution is 0.0721. The molecule has 136 valence electrons. The predicted molar refractivity (Wildman–Crippen MR) is 102 cm³/mol. The number of carbonyl (C=O) groups excluding carboxylic acids is 2. The van der Waals surface area contributed by atoms with E-state index in [0.717, 1.165) is 54.9 Å². The van der Waals surface area contributed by atoms with Gasteiger partial charge in [0.05, 0.1) is 5.69 Å². The molecule has 0 N–H and O–H groups in total. The summed E-state index contributed by atoms with van der Waals surface area (Å²) >= 11 is 1.52. The van der Waals surface area contributed by atoms with Crippen molar-refractivity contribution < 1.29 is 9.59 Å². The minimum atomic E-state index is 0.0744. The molecule has 1 saturated heterocycles. The van der Waals surface area contributed by atoms with Crippen LogP contribution in [0.2, 0.25) is 0 Å². The van der Waals surface area contributed by atoms with Gasteiger partial charge in [-0.15, -0.1) is 11.3 Å². The Kier molecular flexibility index (Phi) is 5.02. The molecule has 2 aromatic rings. The topological polar surface area (TPSA) is 53.5 Å². The largest absolute Gasteiger partial charge is 0.338 e. The van der Waals surface area contributed by atoms with E-state index in [2.05, 4.69) is 4.98 Å². The third kappa shape index (κ3) is 3.51. The number of fused-ring (bicyclic) bond motifs is 1. The molecule has 1 fully saturated rings. The predicted octanol–water partition coefficient (Wildman–Crippen LogP) is 3.01. The monoisotopic (exact) mass is 369 g/mol. The van der Waals surface area contributed by atoms with E-state index in [1.54, 1.807) is 0 Å². The first-order chi connectivity index (χ1) is 12.7. The third-order valence-electron chi connectivity index (χ3n) is 5.14. The first-order valence-electron chi connectivity index (χ1n) is 9.34. The van der Waals surface area contributed by atoms with Crippen molar-refractivity contribution in [1.29, 1.82) is 0 Å². The van der Waals surface area contributed by atoms with Crippen LogP contribution in [0.1, 0.15) is 50.0 Å². The number of aromatic nitrogens is 1. The zero-order chi connectivity index (χ0) is 17.9. The first kappa shape index (κ1) is 17.2. The second kappa shape index (κ2) is 7.58. The fourth-order valence-corrected chi connectivity index (χ4v) is 4.72. The van der Waals surface area contributed by atoms with E-state index in [9.17, 15) is 9.59 Å². The summed E-state index contributed by atoms with van der Waals surface area (Å²) in [4.78, 5) is 35.0. The molecular weight excluding hydrogens is 346 g/mol. The van der Waals surface area contributed by atoms with Gasteiger partial charge in [0.1, 0.15) is 0 Å². The van der Waals surface area contributed by atoms with E-state index in [-0.39, 0.29) is 11.8 Å². The number of piperidine rings is 1. The summed E-state index contributed by atoms with van der Waals surface area (Å²) in [6.45, 7) is 3.03. The van der Waals surface area contributed by atoms with Gasteiger partial charge in [-0.1, -0.05) is 18.2 Å². The van der Waals surface area contributed by atoms with Crippen LogP contribution in [0.15, 0.2) is 30.3 Å². The SMILES string of the molecule is O=C(c1ccccc1)N1CCc2nc(C(=O)N3CCCCC3)sc2CC1. The van der Waals surface area contributed by atoms with Gasteiger partial charge in [0.15, 0.2) is 5.01 Å². The summed E-state index contributed by atoms with van der Waals surface area (Å²) in [5.41, 5.74) is 1.73. The molecule has 3 heterocycles. The maximum atomic E-state index is 12.7. The summed E-state index contributed by atoms with van der Waals surface area (Å²) in [5.74, 6) is 0.158. The number of hydrogen-bond donors (Lipinski definition) is 0. The smallest absolute Gasteiger partial charge is 0.282 e. The number of hydrogen-bond acceptors (Lipinski definition) is 4. The van der Waals surface area contributed by atoms with Crippen LogP contribution in [-0.2, 0) is 12.8 Å². The molecule has 1 aromatic heterocycles. The van der Waals surface area contributed by atoms with Crippen molar-refractivity contribution in [3.05, 3.63) is 51.5 Å². The van der Waals surface area contributed by atoms with Gasteiger partial charge in [0.25, 0.3) is 11.8 Å². The average Bonchev–Trinajstić information content (AvgIpc) is 3.01. The number of rotatable bonds is 2. The summed E-state index contributed by atoms with van der Waals surface area (Å²) in [6.07, 6.45) is 4.89. The normalized spacial score (nSPS) is 17.5. The zero-order valence-corrected chi connectivity index (χ0v) is 15.6. The Labute approximate surface area is 157 Å². The Bertz CT molecular complexity index is 771. The zero-order valence-electron chi connectivity index (χ0n) is 14.8. The van der Waals surface area contributed by atoms with Crippen molar-refractivity contribution in [3.8, 4) is 0 Å². The van der Waals surface area contributed by atoms with Crippen LogP contribution < -0.4 is 0 Å². The molecule has 0 bridgehead atoms. The van der Waals surface area contributed by atoms with Gasteiger partial charge in [0.2, 0.25) is 0 Å². The molecule has 1 aromatic carbocycles. The van der Waals surface area contributed by atoms with Crippen molar-refractivity contribution in [2.45, 2.75) is 32.1 Å². The Morgan fingerprint density at radius 2 is 1.54 bits per heavy atom. The van der Waals surface area contributed by atoms with E-state index < -0.39 is 0 Å². The highest BCUT2D eigenvalue weighted by molar-refractivity contribution is 7.13. The fraction of sp³-hybridized carbons (Fsp3) is 0.450. The van der Waals surface area contributed by atoms with Crippen LogP contribution in [0.25, 0.3) is 0 Å². The highest BCUT2D eigenvalue weighted by Crippen LogP contribution is 2.25. The van der Waals surface area contributed by atoms with Crippen molar-refractivity contribution in [2.75, 3.05) is 26.2 Å². The lowest BCUT2D eigenvalue weighted by atomic mass is 10.1. The fourth-order valence-electron chi connectivity index (χ4n) is 3.65. The second-order valence-corrected chi connectivity index (χ2v) is 7.98. The quantitative estimate of drug-likeness (QED) is 0.818. The van der Waals surface area contributed by atoms with E-state index in [1.165, 1.54) is 17.8 Å². The van der Waals surface area contributed by atoms with Crippen molar-refractivity contribution in [2.24, 2.45) is 0 Å². The molecule has 5 nitrogen and oxygen atoms in total. The summed E-state index contributed by atoms with van der Waals surface area (Å²) in [6, 6.07) is 9.42. The Morgan fingerprint density at radius 3 is 2.31 bits per heavy atom. The molecule has 0 radical (unpaired) electrons. The number of benzene rings is 1. The molecule has 0 unspecified atom stereocenters. The molecule has 6 heteroatoms. The molecular formula is C20H23N3O2S. The maximum absolute atomic E-state index is 12.7. The Balaban J connectivity index is 1.44. The van der Waals surface area contributed by atoms with Crippen LogP contribution in [0.3, 0.4) is 0 Å². The number of likely N-dealkylation sites (tertiary alicyclic amines) is 1. The van der Waals surface area contributed by atoms with Crippen LogP contribution in [0.4, 0.5) is 0 Å². The van der Waals surface area contributed by atoms with E-state index in [0.29, 0.717) is 18.1 Å². The summed E-state index contributed by atoms with van der Waals surface area (Å²) < 4.78 is 0. The molecule has 2 aliphatic heterocycles. The van der Waals surface area contributed by atoms with Crippen LogP contribution >= 0.6 is 11.3 Å². The standard InChI is InChI=1S/C20H23N3O2S/c24-19(15-7-3-1-4-8-15)23-13-9-16-17(10-14-23)26-18(21-16)20(25)22-11-5-2-6-12-22/h1,3-4,7-8H,2,5-6,9-14H2. The second-order valence-electron chi connectivity index (χ2n) is 6.90. The molecule has 0 saturated carbocycles. The number of carbonyl (C=O) groups is 2. The highest BCUT2D eigenvalue weighted by Gasteiger charge is 2.26. The third-order valence-corrected chi connectivity index (χ3v) is 6.29. The Morgan fingerprint density at radius 1 is 0.846 bits per heavy atom. The molecule has 0 aliphatic carbocycles. The van der Waals surface area contributed by atoms with Crippen molar-refractivity contribution in [3.63, 3.8) is 0 Å². The van der Waals surface area contributed by atoms with Crippen LogP contribution in [0.5, 0.6) is 0 Å². The molecule has 26 heavy (non-hydrogen) atoms. The average molecular weight is 369 g/mol. The van der Waals surface area contributed by atoms with Crippen molar-refractivity contribution in [1.82, 2.24) is 14.8 Å². The van der Waals surface area contributed by atoms with Crippen LogP contribution in [0, 0.1) is 0 Å².